The molecule has 0 saturated heterocycles. The fourth-order valence-corrected chi connectivity index (χ4v) is 2.81. The topological polar surface area (TPSA) is 30.5 Å². The van der Waals surface area contributed by atoms with E-state index in [1.807, 2.05) is 31.2 Å². The zero-order chi connectivity index (χ0) is 18.2. The molecule has 3 nitrogen and oxygen atoms in total. The molecule has 0 aliphatic heterocycles. The molecule has 1 N–H and O–H groups in total. The van der Waals surface area contributed by atoms with Gasteiger partial charge in [-0.15, -0.1) is 0 Å². The molecule has 1 atom stereocenters. The standard InChI is InChI=1S/C21H28ClNO2/c1-5-16(4)23-13-18-11-19(22)21(20(12-18)24-6-2)25-14-17-9-7-8-15(3)10-17/h7-12,16,23H,5-6,13-14H2,1-4H3/t16-/m0/s1. The van der Waals surface area contributed by atoms with Crippen LogP contribution < -0.4 is 14.8 Å². The van der Waals surface area contributed by atoms with E-state index in [1.54, 1.807) is 0 Å². The predicted molar refractivity (Wildman–Crippen MR) is 105 cm³/mol. The molecule has 0 radical (unpaired) electrons. The first kappa shape index (κ1) is 19.6. The molecule has 0 spiro atoms. The zero-order valence-corrected chi connectivity index (χ0v) is 16.3. The van der Waals surface area contributed by atoms with Crippen LogP contribution in [0, 0.1) is 6.92 Å². The lowest BCUT2D eigenvalue weighted by Gasteiger charge is -2.17. The molecule has 0 fully saturated rings. The molecule has 0 aromatic heterocycles. The summed E-state index contributed by atoms with van der Waals surface area (Å²) in [6, 6.07) is 12.7. The van der Waals surface area contributed by atoms with Gasteiger partial charge in [0.15, 0.2) is 11.5 Å². The normalized spacial score (nSPS) is 12.0. The minimum absolute atomic E-state index is 0.464. The summed E-state index contributed by atoms with van der Waals surface area (Å²) >= 11 is 6.48. The molecule has 0 saturated carbocycles. The maximum Gasteiger partial charge on any atom is 0.180 e. The Hall–Kier alpha value is -1.71. The van der Waals surface area contributed by atoms with Crippen molar-refractivity contribution in [3.8, 4) is 11.5 Å². The van der Waals surface area contributed by atoms with Crippen LogP contribution in [0.15, 0.2) is 36.4 Å². The van der Waals surface area contributed by atoms with Crippen LogP contribution in [0.5, 0.6) is 11.5 Å². The first-order valence-corrected chi connectivity index (χ1v) is 9.28. The third-order valence-corrected chi connectivity index (χ3v) is 4.38. The van der Waals surface area contributed by atoms with Crippen molar-refractivity contribution in [1.29, 1.82) is 0 Å². The SMILES string of the molecule is CCOc1cc(CN[C@@H](C)CC)cc(Cl)c1OCc1cccc(C)c1. The van der Waals surface area contributed by atoms with Crippen molar-refractivity contribution in [2.75, 3.05) is 6.61 Å². The maximum absolute atomic E-state index is 6.48. The van der Waals surface area contributed by atoms with Gasteiger partial charge < -0.3 is 14.8 Å². The quantitative estimate of drug-likeness (QED) is 0.638. The van der Waals surface area contributed by atoms with Gasteiger partial charge in [0.2, 0.25) is 0 Å². The van der Waals surface area contributed by atoms with Gasteiger partial charge in [0.25, 0.3) is 0 Å². The third-order valence-electron chi connectivity index (χ3n) is 4.10. The van der Waals surface area contributed by atoms with Gasteiger partial charge in [-0.05, 0) is 50.5 Å². The Morgan fingerprint density at radius 2 is 1.88 bits per heavy atom. The van der Waals surface area contributed by atoms with Crippen LogP contribution in [0.3, 0.4) is 0 Å². The number of aryl methyl sites for hydroxylation is 1. The lowest BCUT2D eigenvalue weighted by molar-refractivity contribution is 0.269. The average molecular weight is 362 g/mol. The average Bonchev–Trinajstić information content (AvgIpc) is 2.59. The Bertz CT molecular complexity index is 688. The fourth-order valence-electron chi connectivity index (χ4n) is 2.52. The molecule has 0 aliphatic rings. The highest BCUT2D eigenvalue weighted by molar-refractivity contribution is 6.32. The van der Waals surface area contributed by atoms with E-state index in [4.69, 9.17) is 21.1 Å². The van der Waals surface area contributed by atoms with Gasteiger partial charge >= 0.3 is 0 Å². The Labute approximate surface area is 156 Å². The van der Waals surface area contributed by atoms with Crippen LogP contribution in [-0.2, 0) is 13.2 Å². The summed E-state index contributed by atoms with van der Waals surface area (Å²) in [6.45, 7) is 10.2. The van der Waals surface area contributed by atoms with Crippen molar-refractivity contribution in [2.24, 2.45) is 0 Å². The van der Waals surface area contributed by atoms with E-state index in [1.165, 1.54) is 5.56 Å². The largest absolute Gasteiger partial charge is 0.490 e. The second-order valence-corrected chi connectivity index (χ2v) is 6.71. The van der Waals surface area contributed by atoms with Crippen LogP contribution >= 0.6 is 11.6 Å². The number of benzene rings is 2. The van der Waals surface area contributed by atoms with Gasteiger partial charge in [0.05, 0.1) is 11.6 Å². The minimum Gasteiger partial charge on any atom is -0.490 e. The zero-order valence-electron chi connectivity index (χ0n) is 15.6. The first-order chi connectivity index (χ1) is 12.0. The number of rotatable bonds is 9. The highest BCUT2D eigenvalue weighted by atomic mass is 35.5. The monoisotopic (exact) mass is 361 g/mol. The molecular formula is C21H28ClNO2. The molecule has 0 unspecified atom stereocenters. The Balaban J connectivity index is 2.15. The number of halogens is 1. The molecule has 4 heteroatoms. The summed E-state index contributed by atoms with van der Waals surface area (Å²) < 4.78 is 11.8. The van der Waals surface area contributed by atoms with Crippen molar-refractivity contribution < 1.29 is 9.47 Å². The second kappa shape index (κ2) is 9.69. The van der Waals surface area contributed by atoms with E-state index < -0.39 is 0 Å². The minimum atomic E-state index is 0.464. The van der Waals surface area contributed by atoms with Gasteiger partial charge in [0, 0.05) is 12.6 Å². The number of hydrogen-bond donors (Lipinski definition) is 1. The number of hydrogen-bond acceptors (Lipinski definition) is 3. The van der Waals surface area contributed by atoms with Gasteiger partial charge in [-0.1, -0.05) is 48.4 Å². The van der Waals surface area contributed by atoms with Crippen LogP contribution in [0.4, 0.5) is 0 Å². The van der Waals surface area contributed by atoms with Gasteiger partial charge in [-0.25, -0.2) is 0 Å². The van der Waals surface area contributed by atoms with Crippen molar-refractivity contribution in [3.63, 3.8) is 0 Å². The molecule has 136 valence electrons. The number of ether oxygens (including phenoxy) is 2. The molecule has 0 amide bonds. The summed E-state index contributed by atoms with van der Waals surface area (Å²) in [5, 5.41) is 4.06. The van der Waals surface area contributed by atoms with Crippen molar-refractivity contribution >= 4 is 11.6 Å². The first-order valence-electron chi connectivity index (χ1n) is 8.90. The van der Waals surface area contributed by atoms with Crippen LogP contribution in [0.2, 0.25) is 5.02 Å². The van der Waals surface area contributed by atoms with Crippen molar-refractivity contribution in [3.05, 3.63) is 58.1 Å². The lowest BCUT2D eigenvalue weighted by atomic mass is 10.1. The molecule has 0 bridgehead atoms. The molecule has 2 rings (SSSR count). The van der Waals surface area contributed by atoms with Crippen LogP contribution in [-0.4, -0.2) is 12.6 Å². The van der Waals surface area contributed by atoms with E-state index >= 15 is 0 Å². The fraction of sp³-hybridized carbons (Fsp3) is 0.429. The summed E-state index contributed by atoms with van der Waals surface area (Å²) in [4.78, 5) is 0. The van der Waals surface area contributed by atoms with E-state index in [-0.39, 0.29) is 0 Å². The van der Waals surface area contributed by atoms with Crippen LogP contribution in [0.1, 0.15) is 43.9 Å². The second-order valence-electron chi connectivity index (χ2n) is 6.31. The van der Waals surface area contributed by atoms with E-state index in [0.29, 0.717) is 35.8 Å². The highest BCUT2D eigenvalue weighted by Gasteiger charge is 2.13. The van der Waals surface area contributed by atoms with E-state index in [9.17, 15) is 0 Å². The third kappa shape index (κ3) is 5.94. The smallest absolute Gasteiger partial charge is 0.180 e. The van der Waals surface area contributed by atoms with E-state index in [0.717, 1.165) is 24.1 Å². The van der Waals surface area contributed by atoms with Gasteiger partial charge in [-0.3, -0.25) is 0 Å². The van der Waals surface area contributed by atoms with Gasteiger partial charge in [-0.2, -0.15) is 0 Å². The molecule has 2 aromatic rings. The molecule has 0 heterocycles. The van der Waals surface area contributed by atoms with Crippen molar-refractivity contribution in [2.45, 2.75) is 53.3 Å². The Morgan fingerprint density at radius 1 is 1.08 bits per heavy atom. The molecule has 0 aliphatic carbocycles. The predicted octanol–water partition coefficient (Wildman–Crippen LogP) is 5.51. The Morgan fingerprint density at radius 3 is 2.56 bits per heavy atom. The van der Waals surface area contributed by atoms with Crippen LogP contribution in [0.25, 0.3) is 0 Å². The summed E-state index contributed by atoms with van der Waals surface area (Å²) in [6.07, 6.45) is 1.09. The summed E-state index contributed by atoms with van der Waals surface area (Å²) in [7, 11) is 0. The summed E-state index contributed by atoms with van der Waals surface area (Å²) in [5.41, 5.74) is 3.42. The lowest BCUT2D eigenvalue weighted by Crippen LogP contribution is -2.24. The number of nitrogens with one attached hydrogen (secondary N) is 1. The maximum atomic E-state index is 6.48. The Kier molecular flexibility index (Phi) is 7.60. The summed E-state index contributed by atoms with van der Waals surface area (Å²) in [5.74, 6) is 1.31. The van der Waals surface area contributed by atoms with Crippen molar-refractivity contribution in [1.82, 2.24) is 5.32 Å². The van der Waals surface area contributed by atoms with E-state index in [2.05, 4.69) is 38.2 Å². The highest BCUT2D eigenvalue weighted by Crippen LogP contribution is 2.37. The van der Waals surface area contributed by atoms with Gasteiger partial charge in [0.1, 0.15) is 6.61 Å². The molecular weight excluding hydrogens is 334 g/mol. The molecule has 25 heavy (non-hydrogen) atoms. The molecule has 2 aromatic carbocycles.